The lowest BCUT2D eigenvalue weighted by Crippen LogP contribution is -2.08. The predicted molar refractivity (Wildman–Crippen MR) is 85.8 cm³/mol. The molecule has 0 aliphatic heterocycles. The van der Waals surface area contributed by atoms with Crippen LogP contribution in [0.1, 0.15) is 11.1 Å². The van der Waals surface area contributed by atoms with Crippen molar-refractivity contribution in [1.29, 1.82) is 0 Å². The van der Waals surface area contributed by atoms with Crippen molar-refractivity contribution < 1.29 is 12.8 Å². The number of nitrogens with one attached hydrogen (secondary N) is 1. The molecule has 0 atom stereocenters. The Morgan fingerprint density at radius 3 is 2.52 bits per heavy atom. The van der Waals surface area contributed by atoms with Crippen molar-refractivity contribution in [3.8, 4) is 11.3 Å². The highest BCUT2D eigenvalue weighted by Gasteiger charge is 2.27. The Morgan fingerprint density at radius 2 is 1.83 bits per heavy atom. The van der Waals surface area contributed by atoms with Crippen LogP contribution in [-0.4, -0.2) is 13.4 Å². The first kappa shape index (κ1) is 14.4. The van der Waals surface area contributed by atoms with Gasteiger partial charge in [0, 0.05) is 28.1 Å². The molecule has 2 aromatic carbocycles. The number of halogens is 2. The Kier molecular flexibility index (Phi) is 2.92. The van der Waals surface area contributed by atoms with Crippen LogP contribution in [0, 0.1) is 5.82 Å². The molecule has 3 aromatic rings. The Labute approximate surface area is 135 Å². The van der Waals surface area contributed by atoms with Gasteiger partial charge in [-0.15, -0.1) is 0 Å². The van der Waals surface area contributed by atoms with E-state index in [9.17, 15) is 17.6 Å². The Bertz CT molecular complexity index is 1150. The first-order chi connectivity index (χ1) is 10.9. The topological polar surface area (TPSA) is 67.0 Å². The zero-order valence-electron chi connectivity index (χ0n) is 11.6. The largest absolute Gasteiger partial charge is 0.321 e. The van der Waals surface area contributed by atoms with E-state index in [1.807, 2.05) is 12.1 Å². The lowest BCUT2D eigenvalue weighted by molar-refractivity contribution is 0.575. The second-order valence-corrected chi connectivity index (χ2v) is 7.94. The van der Waals surface area contributed by atoms with E-state index in [0.717, 1.165) is 17.0 Å². The molecule has 1 aliphatic rings. The monoisotopic (exact) mass is 349 g/mol. The van der Waals surface area contributed by atoms with Crippen LogP contribution < -0.4 is 5.56 Å². The fourth-order valence-corrected chi connectivity index (χ4v) is 4.03. The molecule has 7 heteroatoms. The summed E-state index contributed by atoms with van der Waals surface area (Å²) in [6, 6.07) is 9.48. The first-order valence-corrected chi connectivity index (χ1v) is 9.08. The van der Waals surface area contributed by atoms with Crippen LogP contribution in [0.25, 0.3) is 22.0 Å². The van der Waals surface area contributed by atoms with Crippen molar-refractivity contribution in [3.05, 3.63) is 63.7 Å². The van der Waals surface area contributed by atoms with Gasteiger partial charge in [-0.1, -0.05) is 18.2 Å². The van der Waals surface area contributed by atoms with E-state index in [1.54, 1.807) is 12.1 Å². The standard InChI is InChI=1S/C16H9ClFNO3S/c17-23(21,22)14-6-8-5-12-9-3-1-2-4-10(9)16(20)19-15(12)11(8)7-13(14)18/h1-4,6-7H,5H2,(H,19,20). The number of pyridine rings is 1. The van der Waals surface area contributed by atoms with Gasteiger partial charge in [-0.3, -0.25) is 4.79 Å². The maximum absolute atomic E-state index is 14.1. The van der Waals surface area contributed by atoms with Crippen molar-refractivity contribution in [2.45, 2.75) is 11.3 Å². The second kappa shape index (κ2) is 4.66. The van der Waals surface area contributed by atoms with Crippen LogP contribution in [0.15, 0.2) is 46.1 Å². The van der Waals surface area contributed by atoms with Gasteiger partial charge in [0.25, 0.3) is 14.6 Å². The minimum Gasteiger partial charge on any atom is -0.321 e. The molecule has 0 saturated heterocycles. The third-order valence-corrected chi connectivity index (χ3v) is 5.43. The Hall–Kier alpha value is -2.18. The summed E-state index contributed by atoms with van der Waals surface area (Å²) in [5, 5.41) is 1.32. The summed E-state index contributed by atoms with van der Waals surface area (Å²) in [5.41, 5.74) is 2.22. The molecule has 0 amide bonds. The van der Waals surface area contributed by atoms with E-state index >= 15 is 0 Å². The van der Waals surface area contributed by atoms with E-state index < -0.39 is 19.8 Å². The van der Waals surface area contributed by atoms with Gasteiger partial charge in [-0.25, -0.2) is 12.8 Å². The third kappa shape index (κ3) is 2.09. The molecule has 0 fully saturated rings. The van der Waals surface area contributed by atoms with E-state index in [0.29, 0.717) is 28.6 Å². The van der Waals surface area contributed by atoms with Crippen LogP contribution in [0.2, 0.25) is 0 Å². The number of hydrogen-bond donors (Lipinski definition) is 1. The lowest BCUT2D eigenvalue weighted by Gasteiger charge is -2.05. The summed E-state index contributed by atoms with van der Waals surface area (Å²) >= 11 is 0. The van der Waals surface area contributed by atoms with Crippen LogP contribution in [0.4, 0.5) is 4.39 Å². The van der Waals surface area contributed by atoms with E-state index in [2.05, 4.69) is 4.98 Å². The van der Waals surface area contributed by atoms with Gasteiger partial charge in [0.2, 0.25) is 0 Å². The Balaban J connectivity index is 2.06. The maximum Gasteiger partial charge on any atom is 0.264 e. The molecule has 0 radical (unpaired) electrons. The normalized spacial score (nSPS) is 13.1. The van der Waals surface area contributed by atoms with Crippen molar-refractivity contribution in [1.82, 2.24) is 4.98 Å². The lowest BCUT2D eigenvalue weighted by atomic mass is 10.0. The Morgan fingerprint density at radius 1 is 1.13 bits per heavy atom. The van der Waals surface area contributed by atoms with Crippen LogP contribution in [0.5, 0.6) is 0 Å². The fraction of sp³-hybridized carbons (Fsp3) is 0.0625. The number of rotatable bonds is 1. The average Bonchev–Trinajstić information content (AvgIpc) is 2.84. The highest BCUT2D eigenvalue weighted by molar-refractivity contribution is 8.13. The highest BCUT2D eigenvalue weighted by atomic mass is 35.7. The van der Waals surface area contributed by atoms with Gasteiger partial charge in [0.05, 0.1) is 5.69 Å². The molecule has 116 valence electrons. The van der Waals surface area contributed by atoms with Gasteiger partial charge in [0.15, 0.2) is 0 Å². The molecule has 4 rings (SSSR count). The number of fused-ring (bicyclic) bond motifs is 5. The summed E-state index contributed by atoms with van der Waals surface area (Å²) in [7, 11) is 1.10. The minimum atomic E-state index is -4.17. The quantitative estimate of drug-likeness (QED) is 0.537. The molecule has 1 aliphatic carbocycles. The molecule has 1 N–H and O–H groups in total. The SMILES string of the molecule is O=c1[nH]c2c(c3ccccc13)Cc1cc(S(=O)(=O)Cl)c(F)cc1-2. The van der Waals surface area contributed by atoms with E-state index in [1.165, 1.54) is 6.07 Å². The molecule has 23 heavy (non-hydrogen) atoms. The van der Waals surface area contributed by atoms with Crippen molar-refractivity contribution in [2.75, 3.05) is 0 Å². The first-order valence-electron chi connectivity index (χ1n) is 6.77. The van der Waals surface area contributed by atoms with E-state index in [4.69, 9.17) is 10.7 Å². The summed E-state index contributed by atoms with van der Waals surface area (Å²) < 4.78 is 37.0. The molecular formula is C16H9ClFNO3S. The molecule has 0 unspecified atom stereocenters. The maximum atomic E-state index is 14.1. The molecule has 0 spiro atoms. The van der Waals surface area contributed by atoms with E-state index in [-0.39, 0.29) is 5.56 Å². The van der Waals surface area contributed by atoms with Crippen LogP contribution >= 0.6 is 10.7 Å². The smallest absolute Gasteiger partial charge is 0.264 e. The van der Waals surface area contributed by atoms with Crippen molar-refractivity contribution in [3.63, 3.8) is 0 Å². The molecular weight excluding hydrogens is 341 g/mol. The predicted octanol–water partition coefficient (Wildman–Crippen LogP) is 3.17. The number of H-pyrrole nitrogens is 1. The molecule has 0 saturated carbocycles. The van der Waals surface area contributed by atoms with Gasteiger partial charge in [-0.2, -0.15) is 0 Å². The number of aromatic nitrogens is 1. The molecule has 1 aromatic heterocycles. The summed E-state index contributed by atoms with van der Waals surface area (Å²) in [5.74, 6) is -0.930. The minimum absolute atomic E-state index is 0.262. The van der Waals surface area contributed by atoms with Gasteiger partial charge < -0.3 is 4.98 Å². The third-order valence-electron chi connectivity index (χ3n) is 4.09. The second-order valence-electron chi connectivity index (χ2n) is 5.41. The highest BCUT2D eigenvalue weighted by Crippen LogP contribution is 2.40. The number of hydrogen-bond acceptors (Lipinski definition) is 3. The summed E-state index contributed by atoms with van der Waals surface area (Å²) in [6.45, 7) is 0. The van der Waals surface area contributed by atoms with Crippen LogP contribution in [-0.2, 0) is 15.5 Å². The van der Waals surface area contributed by atoms with Crippen LogP contribution in [0.3, 0.4) is 0 Å². The summed E-state index contributed by atoms with van der Waals surface area (Å²) in [4.78, 5) is 14.4. The van der Waals surface area contributed by atoms with Crippen molar-refractivity contribution >= 4 is 30.5 Å². The molecule has 4 nitrogen and oxygen atoms in total. The average molecular weight is 350 g/mol. The summed E-state index contributed by atoms with van der Waals surface area (Å²) in [6.07, 6.45) is 0.404. The van der Waals surface area contributed by atoms with Gasteiger partial charge in [0.1, 0.15) is 10.7 Å². The molecule has 0 bridgehead atoms. The van der Waals surface area contributed by atoms with Gasteiger partial charge >= 0.3 is 0 Å². The zero-order chi connectivity index (χ0) is 16.4. The fourth-order valence-electron chi connectivity index (χ4n) is 3.10. The molecule has 1 heterocycles. The zero-order valence-corrected chi connectivity index (χ0v) is 13.1. The van der Waals surface area contributed by atoms with Crippen molar-refractivity contribution in [2.24, 2.45) is 0 Å². The number of aromatic amines is 1. The van der Waals surface area contributed by atoms with Gasteiger partial charge in [-0.05, 0) is 34.7 Å². The number of benzene rings is 2.